The van der Waals surface area contributed by atoms with E-state index in [1.165, 1.54) is 38.5 Å². The number of alkyl halides is 3. The van der Waals surface area contributed by atoms with Gasteiger partial charge in [0.25, 0.3) is 5.91 Å². The van der Waals surface area contributed by atoms with Gasteiger partial charge in [-0.3, -0.25) is 4.79 Å². The Morgan fingerprint density at radius 2 is 1.70 bits per heavy atom. The highest BCUT2D eigenvalue weighted by atomic mass is 35.5. The number of anilines is 1. The van der Waals surface area contributed by atoms with Crippen molar-refractivity contribution < 1.29 is 27.4 Å². The number of para-hydroxylation sites is 1. The summed E-state index contributed by atoms with van der Waals surface area (Å²) in [5.41, 5.74) is -1.38. The molecule has 0 spiro atoms. The monoisotopic (exact) mass is 459 g/mol. The molecule has 11 heteroatoms. The molecule has 2 aromatic carbocycles. The van der Waals surface area contributed by atoms with E-state index in [9.17, 15) is 18.0 Å². The van der Waals surface area contributed by atoms with Crippen molar-refractivity contribution in [3.05, 3.63) is 63.9 Å². The fraction of sp³-hybridized carbons (Fsp3) is 0.158. The molecule has 0 aliphatic rings. The van der Waals surface area contributed by atoms with Gasteiger partial charge in [0.2, 0.25) is 0 Å². The molecular weight excluding hydrogens is 446 g/mol. The van der Waals surface area contributed by atoms with Crippen molar-refractivity contribution in [2.75, 3.05) is 19.5 Å². The molecule has 1 heterocycles. The van der Waals surface area contributed by atoms with E-state index in [0.29, 0.717) is 11.8 Å². The second-order valence-electron chi connectivity index (χ2n) is 5.92. The molecule has 3 rings (SSSR count). The maximum Gasteiger partial charge on any atom is 0.435 e. The summed E-state index contributed by atoms with van der Waals surface area (Å²) in [6, 6.07) is 9.50. The second-order valence-corrected chi connectivity index (χ2v) is 6.73. The lowest BCUT2D eigenvalue weighted by Crippen LogP contribution is -2.17. The standard InChI is InChI=1S/C19H14Cl2F3N3O3/c1-29-15-9-16(30-2)12(7-11(15)21)25-18(28)14-8-17(19(22,23)24)26-27(14)13-6-4-3-5-10(13)20/h3-9H,1-2H3,(H,25,28). The summed E-state index contributed by atoms with van der Waals surface area (Å²) in [5.74, 6) is -0.381. The molecule has 0 saturated heterocycles. The Kier molecular flexibility index (Phi) is 6.14. The number of halogens is 5. The molecule has 6 nitrogen and oxygen atoms in total. The summed E-state index contributed by atoms with van der Waals surface area (Å²) < 4.78 is 50.9. The number of rotatable bonds is 5. The van der Waals surface area contributed by atoms with Crippen LogP contribution < -0.4 is 14.8 Å². The first-order valence-electron chi connectivity index (χ1n) is 8.30. The highest BCUT2D eigenvalue weighted by molar-refractivity contribution is 6.33. The van der Waals surface area contributed by atoms with E-state index >= 15 is 0 Å². The fourth-order valence-corrected chi connectivity index (χ4v) is 3.09. The zero-order chi connectivity index (χ0) is 22.1. The molecule has 1 N–H and O–H groups in total. The molecule has 1 aromatic heterocycles. The molecule has 1 amide bonds. The largest absolute Gasteiger partial charge is 0.495 e. The summed E-state index contributed by atoms with van der Waals surface area (Å²) in [6.07, 6.45) is -4.76. The minimum Gasteiger partial charge on any atom is -0.495 e. The van der Waals surface area contributed by atoms with Gasteiger partial charge in [-0.1, -0.05) is 35.3 Å². The first-order valence-corrected chi connectivity index (χ1v) is 9.06. The number of carbonyl (C=O) groups is 1. The number of carbonyl (C=O) groups excluding carboxylic acids is 1. The van der Waals surface area contributed by atoms with Crippen molar-refractivity contribution in [1.29, 1.82) is 0 Å². The van der Waals surface area contributed by atoms with Crippen LogP contribution in [0.5, 0.6) is 11.5 Å². The van der Waals surface area contributed by atoms with Gasteiger partial charge in [-0.2, -0.15) is 18.3 Å². The number of methoxy groups -OCH3 is 2. The Hall–Kier alpha value is -2.91. The fourth-order valence-electron chi connectivity index (χ4n) is 2.63. The quantitative estimate of drug-likeness (QED) is 0.549. The number of nitrogens with zero attached hydrogens (tertiary/aromatic N) is 2. The maximum absolute atomic E-state index is 13.3. The number of ether oxygens (including phenoxy) is 2. The van der Waals surface area contributed by atoms with Gasteiger partial charge >= 0.3 is 6.18 Å². The van der Waals surface area contributed by atoms with Gasteiger partial charge in [-0.25, -0.2) is 4.68 Å². The molecule has 0 aliphatic heterocycles. The number of hydrogen-bond acceptors (Lipinski definition) is 4. The molecule has 0 saturated carbocycles. The Balaban J connectivity index is 2.07. The summed E-state index contributed by atoms with van der Waals surface area (Å²) >= 11 is 12.2. The molecule has 30 heavy (non-hydrogen) atoms. The number of hydrogen-bond donors (Lipinski definition) is 1. The maximum atomic E-state index is 13.3. The molecule has 0 unspecified atom stereocenters. The summed E-state index contributed by atoms with van der Waals surface area (Å²) in [4.78, 5) is 12.9. The minimum atomic E-state index is -4.76. The molecular formula is C19H14Cl2F3N3O3. The van der Waals surface area contributed by atoms with Gasteiger partial charge in [-0.05, 0) is 18.2 Å². The van der Waals surface area contributed by atoms with Gasteiger partial charge in [-0.15, -0.1) is 0 Å². The topological polar surface area (TPSA) is 65.4 Å². The molecule has 0 radical (unpaired) electrons. The first kappa shape index (κ1) is 21.8. The lowest BCUT2D eigenvalue weighted by Gasteiger charge is -2.14. The van der Waals surface area contributed by atoms with Gasteiger partial charge in [0.05, 0.1) is 35.6 Å². The Morgan fingerprint density at radius 3 is 2.30 bits per heavy atom. The van der Waals surface area contributed by atoms with Crippen molar-refractivity contribution in [2.45, 2.75) is 6.18 Å². The first-order chi connectivity index (χ1) is 14.2. The van der Waals surface area contributed by atoms with Crippen molar-refractivity contribution >= 4 is 34.8 Å². The highest BCUT2D eigenvalue weighted by Gasteiger charge is 2.36. The van der Waals surface area contributed by atoms with E-state index < -0.39 is 17.8 Å². The molecule has 0 fully saturated rings. The van der Waals surface area contributed by atoms with Crippen LogP contribution in [0.25, 0.3) is 5.69 Å². The van der Waals surface area contributed by atoms with E-state index in [0.717, 1.165) is 4.68 Å². The minimum absolute atomic E-state index is 0.111. The van der Waals surface area contributed by atoms with E-state index in [2.05, 4.69) is 10.4 Å². The number of aromatic nitrogens is 2. The van der Waals surface area contributed by atoms with Crippen LogP contribution in [0.15, 0.2) is 42.5 Å². The van der Waals surface area contributed by atoms with Gasteiger partial charge in [0, 0.05) is 12.1 Å². The number of benzene rings is 2. The lowest BCUT2D eigenvalue weighted by atomic mass is 10.2. The van der Waals surface area contributed by atoms with Crippen LogP contribution in [0.3, 0.4) is 0 Å². The predicted molar refractivity (Wildman–Crippen MR) is 106 cm³/mol. The predicted octanol–water partition coefficient (Wildman–Crippen LogP) is 5.47. The summed E-state index contributed by atoms with van der Waals surface area (Å²) in [6.45, 7) is 0. The molecule has 3 aromatic rings. The Labute approximate surface area is 179 Å². The van der Waals surface area contributed by atoms with Crippen LogP contribution in [0.1, 0.15) is 16.2 Å². The lowest BCUT2D eigenvalue weighted by molar-refractivity contribution is -0.141. The van der Waals surface area contributed by atoms with Crippen LogP contribution >= 0.6 is 23.2 Å². The van der Waals surface area contributed by atoms with Crippen molar-refractivity contribution in [3.8, 4) is 17.2 Å². The van der Waals surface area contributed by atoms with E-state index in [-0.39, 0.29) is 32.9 Å². The molecule has 0 aliphatic carbocycles. The van der Waals surface area contributed by atoms with Crippen LogP contribution in [0.2, 0.25) is 10.0 Å². The van der Waals surface area contributed by atoms with Crippen molar-refractivity contribution in [2.24, 2.45) is 0 Å². The number of nitrogens with one attached hydrogen (secondary N) is 1. The Morgan fingerprint density at radius 1 is 1.03 bits per heavy atom. The van der Waals surface area contributed by atoms with E-state index in [1.54, 1.807) is 12.1 Å². The third-order valence-corrected chi connectivity index (χ3v) is 4.65. The molecule has 158 valence electrons. The van der Waals surface area contributed by atoms with Crippen LogP contribution in [0, 0.1) is 0 Å². The smallest absolute Gasteiger partial charge is 0.435 e. The third kappa shape index (κ3) is 4.31. The van der Waals surface area contributed by atoms with Gasteiger partial charge < -0.3 is 14.8 Å². The highest BCUT2D eigenvalue weighted by Crippen LogP contribution is 2.37. The summed E-state index contributed by atoms with van der Waals surface area (Å²) in [7, 11) is 2.76. The molecule has 0 atom stereocenters. The molecule has 0 bridgehead atoms. The van der Waals surface area contributed by atoms with Crippen LogP contribution in [0.4, 0.5) is 18.9 Å². The van der Waals surface area contributed by atoms with Crippen LogP contribution in [-0.2, 0) is 6.18 Å². The van der Waals surface area contributed by atoms with Gasteiger partial charge in [0.15, 0.2) is 5.69 Å². The average molecular weight is 460 g/mol. The van der Waals surface area contributed by atoms with Crippen molar-refractivity contribution in [1.82, 2.24) is 9.78 Å². The summed E-state index contributed by atoms with van der Waals surface area (Å²) in [5, 5.41) is 6.31. The third-order valence-electron chi connectivity index (χ3n) is 4.04. The SMILES string of the molecule is COc1cc(OC)c(NC(=O)c2cc(C(F)(F)F)nn2-c2ccccc2Cl)cc1Cl. The van der Waals surface area contributed by atoms with Gasteiger partial charge in [0.1, 0.15) is 17.2 Å². The average Bonchev–Trinajstić information content (AvgIpc) is 3.14. The zero-order valence-electron chi connectivity index (χ0n) is 15.6. The van der Waals surface area contributed by atoms with E-state index in [1.807, 2.05) is 0 Å². The van der Waals surface area contributed by atoms with Crippen molar-refractivity contribution in [3.63, 3.8) is 0 Å². The zero-order valence-corrected chi connectivity index (χ0v) is 17.1. The van der Waals surface area contributed by atoms with E-state index in [4.69, 9.17) is 32.7 Å². The van der Waals surface area contributed by atoms with Crippen LogP contribution in [-0.4, -0.2) is 29.9 Å². The second kappa shape index (κ2) is 8.45. The normalized spacial score (nSPS) is 11.3. The number of amides is 1. The Bertz CT molecular complexity index is 1100.